The number of hydrogen-bond donors (Lipinski definition) is 0. The smallest absolute Gasteiger partial charge is 0.306 e. The van der Waals surface area contributed by atoms with Gasteiger partial charge in [-0.05, 0) is 56.3 Å². The van der Waals surface area contributed by atoms with Crippen molar-refractivity contribution in [1.29, 1.82) is 0 Å². The normalized spacial score (nSPS) is 24.7. The van der Waals surface area contributed by atoms with Crippen molar-refractivity contribution in [1.82, 2.24) is 0 Å². The topological polar surface area (TPSA) is 44.8 Å². The summed E-state index contributed by atoms with van der Waals surface area (Å²) in [6.07, 6.45) is 13.3. The maximum Gasteiger partial charge on any atom is 0.306 e. The van der Waals surface area contributed by atoms with Gasteiger partial charge in [0.1, 0.15) is 0 Å². The van der Waals surface area contributed by atoms with Crippen LogP contribution in [0.2, 0.25) is 0 Å². The van der Waals surface area contributed by atoms with Gasteiger partial charge in [0, 0.05) is 19.6 Å². The molecule has 0 heterocycles. The zero-order valence-corrected chi connectivity index (χ0v) is 18.4. The Morgan fingerprint density at radius 3 is 2.14 bits per heavy atom. The lowest BCUT2D eigenvalue weighted by Crippen LogP contribution is -2.26. The summed E-state index contributed by atoms with van der Waals surface area (Å²) < 4.78 is 17.0. The first-order chi connectivity index (χ1) is 13.7. The average molecular weight is 395 g/mol. The van der Waals surface area contributed by atoms with E-state index in [0.29, 0.717) is 36.7 Å². The lowest BCUT2D eigenvalue weighted by Gasteiger charge is -2.25. The van der Waals surface area contributed by atoms with Gasteiger partial charge in [0.15, 0.2) is 0 Å². The summed E-state index contributed by atoms with van der Waals surface area (Å²) in [5.74, 6) is 1.69. The highest BCUT2D eigenvalue weighted by molar-refractivity contribution is 5.69. The Morgan fingerprint density at radius 2 is 1.61 bits per heavy atom. The third-order valence-electron chi connectivity index (χ3n) is 5.61. The molecule has 0 spiro atoms. The first-order valence-corrected chi connectivity index (χ1v) is 11.3. The largest absolute Gasteiger partial charge is 0.466 e. The van der Waals surface area contributed by atoms with E-state index in [-0.39, 0.29) is 5.97 Å². The van der Waals surface area contributed by atoms with E-state index in [2.05, 4.69) is 38.7 Å². The van der Waals surface area contributed by atoms with Crippen LogP contribution in [0.3, 0.4) is 0 Å². The van der Waals surface area contributed by atoms with Gasteiger partial charge >= 0.3 is 5.97 Å². The van der Waals surface area contributed by atoms with Crippen LogP contribution in [0.5, 0.6) is 0 Å². The van der Waals surface area contributed by atoms with E-state index in [0.717, 1.165) is 65.0 Å². The first kappa shape index (κ1) is 24.9. The summed E-state index contributed by atoms with van der Waals surface area (Å²) in [5, 5.41) is 0. The Hall–Kier alpha value is -1.13. The van der Waals surface area contributed by atoms with Crippen LogP contribution in [-0.2, 0) is 19.0 Å². The number of ether oxygens (including phenoxy) is 3. The molecular formula is C24H42O4. The Bertz CT molecular complexity index is 446. The van der Waals surface area contributed by atoms with Gasteiger partial charge in [-0.1, -0.05) is 44.9 Å². The minimum atomic E-state index is -0.121. The molecule has 4 nitrogen and oxygen atoms in total. The highest BCUT2D eigenvalue weighted by Gasteiger charge is 2.40. The molecule has 0 N–H and O–H groups in total. The van der Waals surface area contributed by atoms with Crippen molar-refractivity contribution in [3.8, 4) is 0 Å². The summed E-state index contributed by atoms with van der Waals surface area (Å²) >= 11 is 0. The fourth-order valence-electron chi connectivity index (χ4n) is 3.92. The Labute approximate surface area is 172 Å². The highest BCUT2D eigenvalue weighted by atomic mass is 16.5. The summed E-state index contributed by atoms with van der Waals surface area (Å²) in [6, 6.07) is 0. The molecule has 1 aliphatic carbocycles. The second kappa shape index (κ2) is 15.8. The van der Waals surface area contributed by atoms with Crippen LogP contribution in [0, 0.1) is 23.7 Å². The van der Waals surface area contributed by atoms with Crippen molar-refractivity contribution in [2.75, 3.05) is 33.0 Å². The van der Waals surface area contributed by atoms with Crippen LogP contribution in [0.1, 0.15) is 65.7 Å². The molecule has 0 radical (unpaired) electrons. The molecule has 1 fully saturated rings. The predicted molar refractivity (Wildman–Crippen MR) is 115 cm³/mol. The molecule has 0 aromatic heterocycles. The maximum atomic E-state index is 11.5. The van der Waals surface area contributed by atoms with E-state index < -0.39 is 0 Å². The van der Waals surface area contributed by atoms with Gasteiger partial charge in [-0.25, -0.2) is 0 Å². The van der Waals surface area contributed by atoms with Gasteiger partial charge in [-0.2, -0.15) is 0 Å². The van der Waals surface area contributed by atoms with Gasteiger partial charge in [0.2, 0.25) is 0 Å². The molecule has 28 heavy (non-hydrogen) atoms. The molecule has 4 heteroatoms. The molecule has 0 saturated heterocycles. The minimum Gasteiger partial charge on any atom is -0.466 e. The third-order valence-corrected chi connectivity index (χ3v) is 5.61. The molecule has 0 unspecified atom stereocenters. The molecule has 4 atom stereocenters. The summed E-state index contributed by atoms with van der Waals surface area (Å²) in [7, 11) is 0. The number of allylic oxidation sites excluding steroid dienone is 3. The highest BCUT2D eigenvalue weighted by Crippen LogP contribution is 2.43. The Morgan fingerprint density at radius 1 is 1.00 bits per heavy atom. The fourth-order valence-corrected chi connectivity index (χ4v) is 3.92. The van der Waals surface area contributed by atoms with Gasteiger partial charge in [0.05, 0.1) is 19.8 Å². The summed E-state index contributed by atoms with van der Waals surface area (Å²) in [5.41, 5.74) is 0. The molecule has 1 rings (SSSR count). The van der Waals surface area contributed by atoms with E-state index in [9.17, 15) is 4.79 Å². The van der Waals surface area contributed by atoms with Crippen molar-refractivity contribution in [3.63, 3.8) is 0 Å². The lowest BCUT2D eigenvalue weighted by molar-refractivity contribution is -0.143. The molecule has 162 valence electrons. The monoisotopic (exact) mass is 394 g/mol. The number of rotatable bonds is 16. The minimum absolute atomic E-state index is 0.121. The second-order valence-corrected chi connectivity index (χ2v) is 7.76. The van der Waals surface area contributed by atoms with E-state index in [1.807, 2.05) is 6.92 Å². The third kappa shape index (κ3) is 9.38. The fraction of sp³-hybridized carbons (Fsp3) is 0.792. The van der Waals surface area contributed by atoms with Gasteiger partial charge in [-0.15, -0.1) is 6.58 Å². The van der Waals surface area contributed by atoms with Crippen LogP contribution in [0.4, 0.5) is 0 Å². The molecular weight excluding hydrogens is 352 g/mol. The molecule has 0 aromatic rings. The number of unbranched alkanes of at least 4 members (excludes halogenated alkanes) is 2. The van der Waals surface area contributed by atoms with Gasteiger partial charge in [0.25, 0.3) is 0 Å². The van der Waals surface area contributed by atoms with Crippen molar-refractivity contribution in [3.05, 3.63) is 24.8 Å². The van der Waals surface area contributed by atoms with Crippen LogP contribution >= 0.6 is 0 Å². The van der Waals surface area contributed by atoms with E-state index in [1.165, 1.54) is 0 Å². The summed E-state index contributed by atoms with van der Waals surface area (Å²) in [6.45, 7) is 14.0. The number of esters is 1. The van der Waals surface area contributed by atoms with Crippen LogP contribution in [0.25, 0.3) is 0 Å². The molecule has 0 aliphatic heterocycles. The van der Waals surface area contributed by atoms with Crippen LogP contribution in [0.15, 0.2) is 24.8 Å². The zero-order valence-electron chi connectivity index (χ0n) is 18.4. The second-order valence-electron chi connectivity index (χ2n) is 7.76. The van der Waals surface area contributed by atoms with Gasteiger partial charge < -0.3 is 14.2 Å². The van der Waals surface area contributed by atoms with Gasteiger partial charge in [-0.3, -0.25) is 4.79 Å². The van der Waals surface area contributed by atoms with E-state index in [4.69, 9.17) is 14.2 Å². The summed E-state index contributed by atoms with van der Waals surface area (Å²) in [4.78, 5) is 11.5. The molecule has 0 bridgehead atoms. The molecule has 1 aliphatic rings. The first-order valence-electron chi connectivity index (χ1n) is 11.3. The van der Waals surface area contributed by atoms with E-state index in [1.54, 1.807) is 0 Å². The number of carbonyl (C=O) groups is 1. The van der Waals surface area contributed by atoms with Crippen LogP contribution in [-0.4, -0.2) is 39.0 Å². The quantitative estimate of drug-likeness (QED) is 0.195. The van der Waals surface area contributed by atoms with Crippen molar-refractivity contribution in [2.24, 2.45) is 23.7 Å². The standard InChI is InChI=1S/C24H42O4/c1-5-9-15-26-18-22-20(7-3)17-21(23(22)19-27-16-10-6-2)13-11-12-14-24(25)28-8-4/h7,11,13,20-23H,3,5-6,8-10,12,14-19H2,1-2,4H3/b13-11-/t20-,21+,22-,23+/m0/s1. The van der Waals surface area contributed by atoms with E-state index >= 15 is 0 Å². The zero-order chi connectivity index (χ0) is 20.6. The number of carbonyl (C=O) groups excluding carboxylic acids is 1. The van der Waals surface area contributed by atoms with Crippen molar-refractivity contribution < 1.29 is 19.0 Å². The SMILES string of the molecule is C=C[C@H]1C[C@@H](/C=C\CCC(=O)OCC)[C@@H](COCCCC)[C@H]1COCCCC. The molecule has 0 amide bonds. The predicted octanol–water partition coefficient (Wildman–Crippen LogP) is 5.57. The van der Waals surface area contributed by atoms with Crippen molar-refractivity contribution >= 4 is 5.97 Å². The maximum absolute atomic E-state index is 11.5. The Balaban J connectivity index is 2.66. The van der Waals surface area contributed by atoms with Crippen molar-refractivity contribution in [2.45, 2.75) is 65.7 Å². The molecule has 1 saturated carbocycles. The van der Waals surface area contributed by atoms with Crippen LogP contribution < -0.4 is 0 Å². The lowest BCUT2D eigenvalue weighted by atomic mass is 9.87. The Kier molecular flexibility index (Phi) is 14.0. The molecule has 0 aromatic carbocycles. The average Bonchev–Trinajstić information content (AvgIpc) is 3.02. The number of hydrogen-bond acceptors (Lipinski definition) is 4.